The third-order valence-electron chi connectivity index (χ3n) is 2.89. The Morgan fingerprint density at radius 1 is 1.37 bits per heavy atom. The van der Waals surface area contributed by atoms with Crippen LogP contribution in [0.1, 0.15) is 23.1 Å². The maximum absolute atomic E-state index is 12.6. The number of aromatic nitrogens is 2. The summed E-state index contributed by atoms with van der Waals surface area (Å²) in [7, 11) is 0. The van der Waals surface area contributed by atoms with Crippen LogP contribution in [0.3, 0.4) is 0 Å². The van der Waals surface area contributed by atoms with Crippen molar-refractivity contribution in [3.63, 3.8) is 0 Å². The molecule has 0 radical (unpaired) electrons. The Balaban J connectivity index is 2.20. The number of alkyl halides is 3. The summed E-state index contributed by atoms with van der Waals surface area (Å²) in [6.45, 7) is 1.94. The van der Waals surface area contributed by atoms with Gasteiger partial charge in [-0.2, -0.15) is 13.2 Å². The number of aliphatic hydroxyl groups is 1. The van der Waals surface area contributed by atoms with Crippen LogP contribution in [0, 0.1) is 6.92 Å². The summed E-state index contributed by atoms with van der Waals surface area (Å²) in [5, 5.41) is 9.99. The molecular weight excluding hydrogens is 257 g/mol. The van der Waals surface area contributed by atoms with E-state index in [0.29, 0.717) is 5.82 Å². The third-order valence-corrected chi connectivity index (χ3v) is 2.89. The van der Waals surface area contributed by atoms with Crippen LogP contribution in [0.4, 0.5) is 13.2 Å². The number of rotatable bonds is 3. The smallest absolute Gasteiger partial charge is 0.387 e. The summed E-state index contributed by atoms with van der Waals surface area (Å²) < 4.78 is 39.4. The molecular formula is C13H13F3N2O. The van der Waals surface area contributed by atoms with Gasteiger partial charge in [0.25, 0.3) is 0 Å². The largest absolute Gasteiger partial charge is 0.416 e. The van der Waals surface area contributed by atoms with Crippen LogP contribution >= 0.6 is 0 Å². The van der Waals surface area contributed by atoms with Crippen molar-refractivity contribution in [3.8, 4) is 0 Å². The van der Waals surface area contributed by atoms with E-state index in [0.717, 1.165) is 12.1 Å². The lowest BCUT2D eigenvalue weighted by Crippen LogP contribution is -2.11. The maximum atomic E-state index is 12.6. The van der Waals surface area contributed by atoms with Gasteiger partial charge in [0, 0.05) is 12.4 Å². The number of halogens is 3. The standard InChI is InChI=1S/C13H13F3N2O/c1-9-17-5-6-18(9)8-12(19)10-3-2-4-11(7-10)13(14,15)16/h2-7,12,19H,8H2,1H3. The predicted molar refractivity (Wildman–Crippen MR) is 63.4 cm³/mol. The fourth-order valence-electron chi connectivity index (χ4n) is 1.81. The normalized spacial score (nSPS) is 13.5. The van der Waals surface area contributed by atoms with Gasteiger partial charge in [0.2, 0.25) is 0 Å². The second-order valence-corrected chi connectivity index (χ2v) is 4.27. The number of imidazole rings is 1. The molecule has 0 fully saturated rings. The first-order valence-corrected chi connectivity index (χ1v) is 5.71. The zero-order valence-electron chi connectivity index (χ0n) is 10.2. The summed E-state index contributed by atoms with van der Waals surface area (Å²) in [6, 6.07) is 4.73. The summed E-state index contributed by atoms with van der Waals surface area (Å²) >= 11 is 0. The van der Waals surface area contributed by atoms with Gasteiger partial charge in [0.15, 0.2) is 0 Å². The zero-order chi connectivity index (χ0) is 14.0. The number of benzene rings is 1. The molecule has 102 valence electrons. The van der Waals surface area contributed by atoms with E-state index in [-0.39, 0.29) is 12.1 Å². The molecule has 0 aliphatic rings. The van der Waals surface area contributed by atoms with E-state index in [4.69, 9.17) is 0 Å². The highest BCUT2D eigenvalue weighted by molar-refractivity contribution is 5.27. The van der Waals surface area contributed by atoms with E-state index in [1.165, 1.54) is 12.1 Å². The van der Waals surface area contributed by atoms with Crippen molar-refractivity contribution in [1.82, 2.24) is 9.55 Å². The second-order valence-electron chi connectivity index (χ2n) is 4.27. The number of nitrogens with zero attached hydrogens (tertiary/aromatic N) is 2. The lowest BCUT2D eigenvalue weighted by atomic mass is 10.1. The SMILES string of the molecule is Cc1nccn1CC(O)c1cccc(C(F)(F)F)c1. The van der Waals surface area contributed by atoms with Crippen molar-refractivity contribution in [1.29, 1.82) is 0 Å². The number of aryl methyl sites for hydroxylation is 1. The van der Waals surface area contributed by atoms with Gasteiger partial charge >= 0.3 is 6.18 Å². The minimum absolute atomic E-state index is 0.174. The van der Waals surface area contributed by atoms with Gasteiger partial charge in [-0.3, -0.25) is 0 Å². The first kappa shape index (κ1) is 13.6. The number of hydrogen-bond acceptors (Lipinski definition) is 2. The molecule has 1 N–H and O–H groups in total. The minimum Gasteiger partial charge on any atom is -0.387 e. The zero-order valence-corrected chi connectivity index (χ0v) is 10.2. The van der Waals surface area contributed by atoms with E-state index in [9.17, 15) is 18.3 Å². The van der Waals surface area contributed by atoms with Crippen LogP contribution in [0.2, 0.25) is 0 Å². The quantitative estimate of drug-likeness (QED) is 0.931. The van der Waals surface area contributed by atoms with Crippen molar-refractivity contribution < 1.29 is 18.3 Å². The first-order valence-electron chi connectivity index (χ1n) is 5.71. The monoisotopic (exact) mass is 270 g/mol. The predicted octanol–water partition coefficient (Wildman–Crippen LogP) is 2.94. The van der Waals surface area contributed by atoms with Crippen molar-refractivity contribution in [2.24, 2.45) is 0 Å². The van der Waals surface area contributed by atoms with E-state index in [1.807, 2.05) is 0 Å². The molecule has 0 aliphatic carbocycles. The summed E-state index contributed by atoms with van der Waals surface area (Å²) in [5.74, 6) is 0.700. The Bertz CT molecular complexity index is 563. The Labute approximate surface area is 108 Å². The lowest BCUT2D eigenvalue weighted by Gasteiger charge is -2.15. The van der Waals surface area contributed by atoms with Crippen molar-refractivity contribution in [3.05, 3.63) is 53.6 Å². The molecule has 2 aromatic rings. The molecule has 19 heavy (non-hydrogen) atoms. The molecule has 1 aromatic carbocycles. The lowest BCUT2D eigenvalue weighted by molar-refractivity contribution is -0.137. The van der Waals surface area contributed by atoms with Crippen LogP contribution in [0.5, 0.6) is 0 Å². The number of aliphatic hydroxyl groups excluding tert-OH is 1. The van der Waals surface area contributed by atoms with Crippen molar-refractivity contribution >= 4 is 0 Å². The van der Waals surface area contributed by atoms with Gasteiger partial charge in [-0.05, 0) is 24.6 Å². The van der Waals surface area contributed by atoms with Crippen LogP contribution in [0.25, 0.3) is 0 Å². The molecule has 1 aromatic heterocycles. The molecule has 0 saturated heterocycles. The molecule has 0 bridgehead atoms. The molecule has 1 atom stereocenters. The fraction of sp³-hybridized carbons (Fsp3) is 0.308. The van der Waals surface area contributed by atoms with Gasteiger partial charge in [-0.1, -0.05) is 12.1 Å². The molecule has 6 heteroatoms. The van der Waals surface area contributed by atoms with E-state index in [1.54, 1.807) is 23.9 Å². The van der Waals surface area contributed by atoms with Gasteiger partial charge in [-0.25, -0.2) is 4.98 Å². The van der Waals surface area contributed by atoms with Crippen molar-refractivity contribution in [2.75, 3.05) is 0 Å². The van der Waals surface area contributed by atoms with Crippen LogP contribution < -0.4 is 0 Å². The highest BCUT2D eigenvalue weighted by Gasteiger charge is 2.30. The Kier molecular flexibility index (Phi) is 3.61. The first-order chi connectivity index (χ1) is 8.88. The Morgan fingerprint density at radius 3 is 2.68 bits per heavy atom. The van der Waals surface area contributed by atoms with Gasteiger partial charge in [0.05, 0.1) is 18.2 Å². The van der Waals surface area contributed by atoms with Crippen LogP contribution in [0.15, 0.2) is 36.7 Å². The molecule has 2 rings (SSSR count). The topological polar surface area (TPSA) is 38.0 Å². The third kappa shape index (κ3) is 3.14. The summed E-state index contributed by atoms with van der Waals surface area (Å²) in [6.07, 6.45) is -2.16. The number of hydrogen-bond donors (Lipinski definition) is 1. The summed E-state index contributed by atoms with van der Waals surface area (Å²) in [4.78, 5) is 3.99. The molecule has 0 saturated carbocycles. The Hall–Kier alpha value is -1.82. The van der Waals surface area contributed by atoms with Gasteiger partial charge in [0.1, 0.15) is 5.82 Å². The average molecular weight is 270 g/mol. The molecule has 1 unspecified atom stereocenters. The molecule has 0 spiro atoms. The second kappa shape index (κ2) is 5.05. The highest BCUT2D eigenvalue weighted by Crippen LogP contribution is 2.31. The molecule has 1 heterocycles. The Morgan fingerprint density at radius 2 is 2.11 bits per heavy atom. The minimum atomic E-state index is -4.40. The van der Waals surface area contributed by atoms with E-state index < -0.39 is 17.8 Å². The van der Waals surface area contributed by atoms with E-state index in [2.05, 4.69) is 4.98 Å². The fourth-order valence-corrected chi connectivity index (χ4v) is 1.81. The van der Waals surface area contributed by atoms with Crippen molar-refractivity contribution in [2.45, 2.75) is 25.7 Å². The molecule has 0 amide bonds. The van der Waals surface area contributed by atoms with Crippen LogP contribution in [-0.2, 0) is 12.7 Å². The summed E-state index contributed by atoms with van der Waals surface area (Å²) in [5.41, 5.74) is -0.519. The molecule has 3 nitrogen and oxygen atoms in total. The maximum Gasteiger partial charge on any atom is 0.416 e. The van der Waals surface area contributed by atoms with E-state index >= 15 is 0 Å². The van der Waals surface area contributed by atoms with Gasteiger partial charge < -0.3 is 9.67 Å². The molecule has 0 aliphatic heterocycles. The van der Waals surface area contributed by atoms with Crippen LogP contribution in [-0.4, -0.2) is 14.7 Å². The average Bonchev–Trinajstić information content (AvgIpc) is 2.74. The van der Waals surface area contributed by atoms with Gasteiger partial charge in [-0.15, -0.1) is 0 Å². The highest BCUT2D eigenvalue weighted by atomic mass is 19.4.